The van der Waals surface area contributed by atoms with Gasteiger partial charge in [0.25, 0.3) is 5.91 Å². The van der Waals surface area contributed by atoms with Gasteiger partial charge in [-0.1, -0.05) is 0 Å². The molecule has 2 aliphatic rings. The molecule has 132 valence electrons. The first-order valence-corrected chi connectivity index (χ1v) is 7.75. The van der Waals surface area contributed by atoms with Gasteiger partial charge in [0, 0.05) is 17.9 Å². The van der Waals surface area contributed by atoms with Crippen LogP contribution in [0.3, 0.4) is 0 Å². The molecular formula is C16H17N3O6. The van der Waals surface area contributed by atoms with Crippen molar-refractivity contribution in [3.8, 4) is 0 Å². The topological polar surface area (TPSA) is 96.5 Å². The van der Waals surface area contributed by atoms with Gasteiger partial charge < -0.3 is 14.4 Å². The van der Waals surface area contributed by atoms with Crippen LogP contribution in [0.15, 0.2) is 24.3 Å². The van der Waals surface area contributed by atoms with Crippen molar-refractivity contribution in [2.24, 2.45) is 0 Å². The third-order valence-electron chi connectivity index (χ3n) is 4.02. The third kappa shape index (κ3) is 3.61. The predicted molar refractivity (Wildman–Crippen MR) is 86.1 cm³/mol. The van der Waals surface area contributed by atoms with Crippen LogP contribution >= 0.6 is 0 Å². The van der Waals surface area contributed by atoms with Gasteiger partial charge in [-0.15, -0.1) is 0 Å². The first kappa shape index (κ1) is 16.9. The van der Waals surface area contributed by atoms with Crippen LogP contribution in [0, 0.1) is 0 Å². The van der Waals surface area contributed by atoms with Crippen molar-refractivity contribution in [1.29, 1.82) is 0 Å². The van der Waals surface area contributed by atoms with Crippen LogP contribution in [0.4, 0.5) is 16.2 Å². The molecule has 0 spiro atoms. The van der Waals surface area contributed by atoms with Crippen LogP contribution in [0.5, 0.6) is 0 Å². The Bertz CT molecular complexity index is 669. The fourth-order valence-electron chi connectivity index (χ4n) is 2.78. The van der Waals surface area contributed by atoms with E-state index in [0.29, 0.717) is 31.7 Å². The average molecular weight is 347 g/mol. The highest BCUT2D eigenvalue weighted by molar-refractivity contribution is 5.95. The van der Waals surface area contributed by atoms with Crippen LogP contribution in [-0.4, -0.2) is 68.7 Å². The highest BCUT2D eigenvalue weighted by atomic mass is 16.6. The van der Waals surface area contributed by atoms with E-state index in [1.807, 2.05) is 0 Å². The largest absolute Gasteiger partial charge is 0.442 e. The van der Waals surface area contributed by atoms with Crippen LogP contribution in [-0.2, 0) is 23.9 Å². The molecule has 0 aliphatic carbocycles. The zero-order valence-electron chi connectivity index (χ0n) is 13.4. The molecule has 2 fully saturated rings. The summed E-state index contributed by atoms with van der Waals surface area (Å²) in [5.41, 5.74) is 1.34. The monoisotopic (exact) mass is 347 g/mol. The summed E-state index contributed by atoms with van der Waals surface area (Å²) in [6, 6.07) is 6.95. The smallest absolute Gasteiger partial charge is 0.414 e. The summed E-state index contributed by atoms with van der Waals surface area (Å²) < 4.78 is 10.3. The van der Waals surface area contributed by atoms with E-state index in [9.17, 15) is 19.2 Å². The Hall–Kier alpha value is -2.94. The van der Waals surface area contributed by atoms with Gasteiger partial charge in [0.1, 0.15) is 12.7 Å². The van der Waals surface area contributed by atoms with Gasteiger partial charge in [0.2, 0.25) is 12.8 Å². The number of morpholine rings is 1. The van der Waals surface area contributed by atoms with Crippen molar-refractivity contribution in [2.45, 2.75) is 6.10 Å². The fourth-order valence-corrected chi connectivity index (χ4v) is 2.78. The number of hydrogen-bond acceptors (Lipinski definition) is 6. The summed E-state index contributed by atoms with van der Waals surface area (Å²) in [6.45, 7) is 1.27. The quantitative estimate of drug-likeness (QED) is 0.672. The number of carbonyl (C=O) groups excluding carboxylic acids is 4. The highest BCUT2D eigenvalue weighted by Crippen LogP contribution is 2.25. The van der Waals surface area contributed by atoms with Crippen molar-refractivity contribution in [3.63, 3.8) is 0 Å². The first-order valence-electron chi connectivity index (χ1n) is 7.75. The van der Waals surface area contributed by atoms with E-state index < -0.39 is 12.2 Å². The van der Waals surface area contributed by atoms with E-state index in [1.54, 1.807) is 29.2 Å². The van der Waals surface area contributed by atoms with Crippen LogP contribution in [0.1, 0.15) is 0 Å². The van der Waals surface area contributed by atoms with Crippen molar-refractivity contribution in [3.05, 3.63) is 24.3 Å². The molecule has 0 saturated carbocycles. The molecule has 3 rings (SSSR count). The lowest BCUT2D eigenvalue weighted by Gasteiger charge is -2.27. The molecule has 0 unspecified atom stereocenters. The number of benzene rings is 1. The molecule has 1 aromatic rings. The Morgan fingerprint density at radius 3 is 2.32 bits per heavy atom. The lowest BCUT2D eigenvalue weighted by molar-refractivity contribution is -0.130. The minimum Gasteiger partial charge on any atom is -0.442 e. The maximum atomic E-state index is 12.0. The SMILES string of the molecule is O=CN(C=O)C[C@H]1CN(c2ccc(N3CCOCC3=O)cc2)C(=O)O1. The van der Waals surface area contributed by atoms with Gasteiger partial charge in [0.15, 0.2) is 0 Å². The molecule has 0 bridgehead atoms. The number of cyclic esters (lactones) is 1. The Morgan fingerprint density at radius 2 is 1.72 bits per heavy atom. The zero-order valence-corrected chi connectivity index (χ0v) is 13.4. The standard InChI is InChI=1S/C16H17N3O6/c20-10-17(11-21)7-14-8-19(16(23)25-14)13-3-1-12(2-4-13)18-5-6-24-9-15(18)22/h1-4,10-11,14H,5-9H2/t14-/m0/s1. The van der Waals surface area contributed by atoms with Gasteiger partial charge in [-0.25, -0.2) is 4.79 Å². The molecule has 0 N–H and O–H groups in total. The molecular weight excluding hydrogens is 330 g/mol. The van der Waals surface area contributed by atoms with Crippen molar-refractivity contribution in [1.82, 2.24) is 4.90 Å². The molecule has 4 amide bonds. The summed E-state index contributed by atoms with van der Waals surface area (Å²) in [5.74, 6) is -0.109. The van der Waals surface area contributed by atoms with Crippen LogP contribution in [0.25, 0.3) is 0 Å². The Labute approximate surface area is 143 Å². The Morgan fingerprint density at radius 1 is 1.08 bits per heavy atom. The van der Waals surface area contributed by atoms with Gasteiger partial charge >= 0.3 is 6.09 Å². The van der Waals surface area contributed by atoms with E-state index >= 15 is 0 Å². The number of amides is 4. The number of carbonyl (C=O) groups is 4. The van der Waals surface area contributed by atoms with Gasteiger partial charge in [-0.2, -0.15) is 0 Å². The lowest BCUT2D eigenvalue weighted by Crippen LogP contribution is -2.41. The normalized spacial score (nSPS) is 20.4. The average Bonchev–Trinajstić information content (AvgIpc) is 3.00. The summed E-state index contributed by atoms with van der Waals surface area (Å²) in [5, 5.41) is 0. The lowest BCUT2D eigenvalue weighted by atomic mass is 10.2. The number of imide groups is 1. The van der Waals surface area contributed by atoms with Gasteiger partial charge in [-0.3, -0.25) is 24.2 Å². The molecule has 2 aliphatic heterocycles. The highest BCUT2D eigenvalue weighted by Gasteiger charge is 2.33. The molecule has 0 radical (unpaired) electrons. The molecule has 9 heteroatoms. The summed E-state index contributed by atoms with van der Waals surface area (Å²) in [6.07, 6.45) is -0.352. The predicted octanol–water partition coefficient (Wildman–Crippen LogP) is -0.0102. The molecule has 25 heavy (non-hydrogen) atoms. The Kier molecular flexibility index (Phi) is 4.94. The second kappa shape index (κ2) is 7.31. The zero-order chi connectivity index (χ0) is 17.8. The van der Waals surface area contributed by atoms with Crippen molar-refractivity contribution in [2.75, 3.05) is 42.6 Å². The number of hydrogen-bond donors (Lipinski definition) is 0. The molecule has 2 saturated heterocycles. The number of anilines is 2. The maximum absolute atomic E-state index is 12.0. The van der Waals surface area contributed by atoms with E-state index in [-0.39, 0.29) is 25.6 Å². The Balaban J connectivity index is 1.67. The molecule has 1 aromatic carbocycles. The maximum Gasteiger partial charge on any atom is 0.414 e. The number of rotatable bonds is 6. The minimum atomic E-state index is -0.580. The number of ether oxygens (including phenoxy) is 2. The molecule has 2 heterocycles. The second-order valence-electron chi connectivity index (χ2n) is 5.64. The molecule has 1 atom stereocenters. The van der Waals surface area contributed by atoms with E-state index in [0.717, 1.165) is 10.6 Å². The van der Waals surface area contributed by atoms with E-state index in [2.05, 4.69) is 0 Å². The summed E-state index contributed by atoms with van der Waals surface area (Å²) in [4.78, 5) is 49.1. The van der Waals surface area contributed by atoms with Gasteiger partial charge in [-0.05, 0) is 24.3 Å². The molecule has 9 nitrogen and oxygen atoms in total. The summed E-state index contributed by atoms with van der Waals surface area (Å²) >= 11 is 0. The van der Waals surface area contributed by atoms with Crippen molar-refractivity contribution < 1.29 is 28.7 Å². The van der Waals surface area contributed by atoms with Gasteiger partial charge in [0.05, 0.1) is 19.7 Å². The van der Waals surface area contributed by atoms with Crippen LogP contribution in [0.2, 0.25) is 0 Å². The molecule has 0 aromatic heterocycles. The second-order valence-corrected chi connectivity index (χ2v) is 5.64. The van der Waals surface area contributed by atoms with Crippen molar-refractivity contribution >= 4 is 36.2 Å². The van der Waals surface area contributed by atoms with Crippen LogP contribution < -0.4 is 9.80 Å². The van der Waals surface area contributed by atoms with E-state index in [4.69, 9.17) is 9.47 Å². The third-order valence-corrected chi connectivity index (χ3v) is 4.02. The summed E-state index contributed by atoms with van der Waals surface area (Å²) in [7, 11) is 0. The number of nitrogens with zero attached hydrogens (tertiary/aromatic N) is 3. The first-order chi connectivity index (χ1) is 12.1. The van der Waals surface area contributed by atoms with E-state index in [1.165, 1.54) is 4.90 Å². The minimum absolute atomic E-state index is 0.00953. The fraction of sp³-hybridized carbons (Fsp3) is 0.375.